The SMILES string of the molecule is CCn1ncnc1C(N)c1csnn1. The van der Waals surface area contributed by atoms with E-state index in [1.807, 2.05) is 12.3 Å². The van der Waals surface area contributed by atoms with Gasteiger partial charge in [-0.15, -0.1) is 5.10 Å². The summed E-state index contributed by atoms with van der Waals surface area (Å²) in [5, 5.41) is 9.78. The fraction of sp³-hybridized carbons (Fsp3) is 0.429. The van der Waals surface area contributed by atoms with Gasteiger partial charge in [0.15, 0.2) is 0 Å². The van der Waals surface area contributed by atoms with E-state index in [1.165, 1.54) is 17.9 Å². The molecule has 0 amide bonds. The highest BCUT2D eigenvalue weighted by atomic mass is 32.1. The maximum Gasteiger partial charge on any atom is 0.150 e. The van der Waals surface area contributed by atoms with E-state index in [0.29, 0.717) is 0 Å². The van der Waals surface area contributed by atoms with Crippen molar-refractivity contribution in [3.8, 4) is 0 Å². The molecule has 1 atom stereocenters. The summed E-state index contributed by atoms with van der Waals surface area (Å²) < 4.78 is 5.52. The number of rotatable bonds is 3. The lowest BCUT2D eigenvalue weighted by Crippen LogP contribution is -2.18. The first-order chi connectivity index (χ1) is 6.83. The lowest BCUT2D eigenvalue weighted by Gasteiger charge is -2.07. The average molecular weight is 210 g/mol. The fourth-order valence-electron chi connectivity index (χ4n) is 1.20. The lowest BCUT2D eigenvalue weighted by molar-refractivity contribution is 0.586. The highest BCUT2D eigenvalue weighted by Crippen LogP contribution is 2.15. The molecule has 0 fully saturated rings. The molecule has 0 radical (unpaired) electrons. The van der Waals surface area contributed by atoms with Gasteiger partial charge >= 0.3 is 0 Å². The van der Waals surface area contributed by atoms with Gasteiger partial charge in [0, 0.05) is 11.9 Å². The summed E-state index contributed by atoms with van der Waals surface area (Å²) in [7, 11) is 0. The predicted molar refractivity (Wildman–Crippen MR) is 51.6 cm³/mol. The molecule has 0 saturated heterocycles. The molecule has 2 aromatic rings. The van der Waals surface area contributed by atoms with Gasteiger partial charge in [-0.25, -0.2) is 9.67 Å². The summed E-state index contributed by atoms with van der Waals surface area (Å²) in [6, 6.07) is -0.337. The summed E-state index contributed by atoms with van der Waals surface area (Å²) in [5.41, 5.74) is 6.70. The first-order valence-electron chi connectivity index (χ1n) is 4.23. The Morgan fingerprint density at radius 3 is 3.14 bits per heavy atom. The Morgan fingerprint density at radius 2 is 2.50 bits per heavy atom. The Bertz CT molecular complexity index is 394. The average Bonchev–Trinajstić information content (AvgIpc) is 2.87. The second-order valence-corrected chi connectivity index (χ2v) is 3.35. The van der Waals surface area contributed by atoms with Gasteiger partial charge in [0.25, 0.3) is 0 Å². The van der Waals surface area contributed by atoms with Gasteiger partial charge in [0.05, 0.1) is 0 Å². The Kier molecular flexibility index (Phi) is 2.51. The standard InChI is InChI=1S/C7H10N6S/c1-2-13-7(9-4-10-13)6(8)5-3-14-12-11-5/h3-4,6H,2,8H2,1H3. The van der Waals surface area contributed by atoms with E-state index in [2.05, 4.69) is 19.7 Å². The maximum atomic E-state index is 5.96. The van der Waals surface area contributed by atoms with Crippen molar-refractivity contribution in [2.45, 2.75) is 19.5 Å². The molecule has 0 spiro atoms. The predicted octanol–water partition coefficient (Wildman–Crippen LogP) is 0.198. The quantitative estimate of drug-likeness (QED) is 0.782. The number of hydrogen-bond acceptors (Lipinski definition) is 6. The van der Waals surface area contributed by atoms with Crippen molar-refractivity contribution in [2.24, 2.45) is 5.73 Å². The third-order valence-corrected chi connectivity index (χ3v) is 2.44. The third-order valence-electron chi connectivity index (χ3n) is 1.92. The molecule has 0 aliphatic carbocycles. The van der Waals surface area contributed by atoms with Gasteiger partial charge < -0.3 is 5.73 Å². The van der Waals surface area contributed by atoms with Gasteiger partial charge in [-0.1, -0.05) is 4.49 Å². The first kappa shape index (κ1) is 9.22. The van der Waals surface area contributed by atoms with Crippen molar-refractivity contribution in [2.75, 3.05) is 0 Å². The van der Waals surface area contributed by atoms with Gasteiger partial charge in [-0.05, 0) is 18.5 Å². The van der Waals surface area contributed by atoms with Crippen LogP contribution in [0.1, 0.15) is 24.5 Å². The minimum Gasteiger partial charge on any atom is -0.316 e. The third kappa shape index (κ3) is 1.51. The van der Waals surface area contributed by atoms with Crippen molar-refractivity contribution >= 4 is 11.5 Å². The second-order valence-electron chi connectivity index (χ2n) is 2.74. The molecule has 0 aromatic carbocycles. The van der Waals surface area contributed by atoms with Crippen LogP contribution in [0.25, 0.3) is 0 Å². The van der Waals surface area contributed by atoms with Crippen LogP contribution in [0, 0.1) is 0 Å². The first-order valence-corrected chi connectivity index (χ1v) is 5.06. The van der Waals surface area contributed by atoms with Crippen LogP contribution in [0.5, 0.6) is 0 Å². The molecule has 2 rings (SSSR count). The number of hydrogen-bond donors (Lipinski definition) is 1. The van der Waals surface area contributed by atoms with Crippen LogP contribution in [-0.4, -0.2) is 24.4 Å². The van der Waals surface area contributed by atoms with Crippen LogP contribution in [0.2, 0.25) is 0 Å². The smallest absolute Gasteiger partial charge is 0.150 e. The lowest BCUT2D eigenvalue weighted by atomic mass is 10.2. The van der Waals surface area contributed by atoms with Crippen LogP contribution >= 0.6 is 11.5 Å². The van der Waals surface area contributed by atoms with Crippen molar-refractivity contribution in [3.63, 3.8) is 0 Å². The molecule has 0 bridgehead atoms. The topological polar surface area (TPSA) is 82.5 Å². The van der Waals surface area contributed by atoms with Gasteiger partial charge in [0.2, 0.25) is 0 Å². The van der Waals surface area contributed by atoms with Crippen LogP contribution in [0.4, 0.5) is 0 Å². The molecule has 0 aliphatic heterocycles. The Hall–Kier alpha value is -1.34. The molecule has 2 N–H and O–H groups in total. The maximum absolute atomic E-state index is 5.96. The normalized spacial score (nSPS) is 13.0. The molecule has 0 aliphatic rings. The fourth-order valence-corrected chi connectivity index (χ4v) is 1.69. The summed E-state index contributed by atoms with van der Waals surface area (Å²) in [6.07, 6.45) is 1.50. The molecule has 2 aromatic heterocycles. The van der Waals surface area contributed by atoms with E-state index < -0.39 is 0 Å². The molecular formula is C7H10N6S. The van der Waals surface area contributed by atoms with Crippen molar-refractivity contribution < 1.29 is 0 Å². The molecule has 14 heavy (non-hydrogen) atoms. The minimum absolute atomic E-state index is 0.337. The van der Waals surface area contributed by atoms with Gasteiger partial charge in [-0.2, -0.15) is 5.10 Å². The summed E-state index contributed by atoms with van der Waals surface area (Å²) in [5.74, 6) is 0.722. The largest absolute Gasteiger partial charge is 0.316 e. The summed E-state index contributed by atoms with van der Waals surface area (Å²) >= 11 is 1.28. The zero-order valence-corrected chi connectivity index (χ0v) is 8.48. The van der Waals surface area contributed by atoms with Gasteiger partial charge in [0.1, 0.15) is 23.9 Å². The number of nitrogens with zero attached hydrogens (tertiary/aromatic N) is 5. The highest BCUT2D eigenvalue weighted by Gasteiger charge is 2.17. The van der Waals surface area contributed by atoms with Gasteiger partial charge in [-0.3, -0.25) is 0 Å². The molecular weight excluding hydrogens is 200 g/mol. The van der Waals surface area contributed by atoms with E-state index in [0.717, 1.165) is 18.1 Å². The monoisotopic (exact) mass is 210 g/mol. The molecule has 2 heterocycles. The molecule has 7 heteroatoms. The Morgan fingerprint density at radius 1 is 1.64 bits per heavy atom. The Balaban J connectivity index is 2.31. The highest BCUT2D eigenvalue weighted by molar-refractivity contribution is 7.03. The van der Waals surface area contributed by atoms with Crippen LogP contribution in [-0.2, 0) is 6.54 Å². The second kappa shape index (κ2) is 3.81. The van der Waals surface area contributed by atoms with Crippen LogP contribution < -0.4 is 5.73 Å². The number of aryl methyl sites for hydroxylation is 1. The van der Waals surface area contributed by atoms with E-state index in [9.17, 15) is 0 Å². The zero-order valence-electron chi connectivity index (χ0n) is 7.66. The molecule has 0 saturated carbocycles. The molecule has 74 valence electrons. The van der Waals surface area contributed by atoms with Crippen molar-refractivity contribution in [3.05, 3.63) is 23.2 Å². The Labute approximate surface area is 84.9 Å². The molecule has 1 unspecified atom stereocenters. The van der Waals surface area contributed by atoms with Crippen molar-refractivity contribution in [1.82, 2.24) is 24.4 Å². The van der Waals surface area contributed by atoms with Crippen LogP contribution in [0.3, 0.4) is 0 Å². The van der Waals surface area contributed by atoms with Crippen molar-refractivity contribution in [1.29, 1.82) is 0 Å². The summed E-state index contributed by atoms with van der Waals surface area (Å²) in [6.45, 7) is 2.74. The van der Waals surface area contributed by atoms with Crippen LogP contribution in [0.15, 0.2) is 11.7 Å². The van der Waals surface area contributed by atoms with E-state index in [4.69, 9.17) is 5.73 Å². The molecule has 6 nitrogen and oxygen atoms in total. The van der Waals surface area contributed by atoms with E-state index >= 15 is 0 Å². The minimum atomic E-state index is -0.337. The van der Waals surface area contributed by atoms with E-state index in [-0.39, 0.29) is 6.04 Å². The summed E-state index contributed by atoms with van der Waals surface area (Å²) in [4.78, 5) is 4.11. The van der Waals surface area contributed by atoms with E-state index in [1.54, 1.807) is 4.68 Å². The number of nitrogens with two attached hydrogens (primary N) is 1. The zero-order chi connectivity index (χ0) is 9.97. The number of aromatic nitrogens is 5.